The van der Waals surface area contributed by atoms with Gasteiger partial charge in [-0.2, -0.15) is 30.6 Å². The molecule has 42 heavy (non-hydrogen) atoms. The van der Waals surface area contributed by atoms with E-state index in [4.69, 9.17) is 4.74 Å². The van der Waals surface area contributed by atoms with Gasteiger partial charge in [-0.3, -0.25) is 4.79 Å². The van der Waals surface area contributed by atoms with Gasteiger partial charge in [-0.1, -0.05) is 6.07 Å². The second-order valence-electron chi connectivity index (χ2n) is 9.61. The number of carbonyl (C=O) groups excluding carboxylic acids is 1. The quantitative estimate of drug-likeness (QED) is 0.296. The fourth-order valence-corrected chi connectivity index (χ4v) is 7.36. The second-order valence-corrected chi connectivity index (χ2v) is 12.9. The van der Waals surface area contributed by atoms with E-state index in [0.717, 1.165) is 11.3 Å². The fraction of sp³-hybridized carbons (Fsp3) is 0.370. The molecule has 0 spiro atoms. The standard InChI is InChI=1S/C27H27F6N3O4S2/c1-40-22-4-2-3-18(13-22)25(37)35-16-23-5-6-24(41-23)42(38,39)36-9-7-21(8-10-36)34-15-17-11-19(26(28,29)30)14-20(12-17)27(31,32)33/h2-6,11-14,21,34H,7-10,15-16H2,1H3,(H,35,37). The highest BCUT2D eigenvalue weighted by atomic mass is 32.2. The zero-order valence-corrected chi connectivity index (χ0v) is 23.8. The minimum atomic E-state index is -4.93. The van der Waals surface area contributed by atoms with Crippen LogP contribution in [0.1, 0.15) is 44.8 Å². The van der Waals surface area contributed by atoms with Crippen molar-refractivity contribution in [2.24, 2.45) is 0 Å². The average molecular weight is 636 g/mol. The Morgan fingerprint density at radius 2 is 1.60 bits per heavy atom. The molecule has 3 aromatic rings. The Morgan fingerprint density at radius 3 is 2.19 bits per heavy atom. The number of ether oxygens (including phenoxy) is 1. The van der Waals surface area contributed by atoms with Crippen LogP contribution in [0.15, 0.2) is 58.8 Å². The summed E-state index contributed by atoms with van der Waals surface area (Å²) in [5, 5.41) is 5.70. The Bertz CT molecular complexity index is 1480. The molecule has 0 bridgehead atoms. The summed E-state index contributed by atoms with van der Waals surface area (Å²) in [4.78, 5) is 13.1. The highest BCUT2D eigenvalue weighted by Crippen LogP contribution is 2.36. The smallest absolute Gasteiger partial charge is 0.416 e. The third kappa shape index (κ3) is 7.82. The lowest BCUT2D eigenvalue weighted by molar-refractivity contribution is -0.143. The molecule has 15 heteroatoms. The number of benzene rings is 2. The molecule has 2 heterocycles. The average Bonchev–Trinajstić information content (AvgIpc) is 3.44. The molecule has 0 radical (unpaired) electrons. The van der Waals surface area contributed by atoms with E-state index in [0.29, 0.717) is 41.2 Å². The van der Waals surface area contributed by atoms with Crippen LogP contribution in [0.2, 0.25) is 0 Å². The van der Waals surface area contributed by atoms with Crippen molar-refractivity contribution < 1.29 is 44.3 Å². The molecule has 0 saturated carbocycles. The number of nitrogens with one attached hydrogen (secondary N) is 2. The number of thiophene rings is 1. The van der Waals surface area contributed by atoms with Crippen LogP contribution in [0.5, 0.6) is 5.75 Å². The highest BCUT2D eigenvalue weighted by Gasteiger charge is 2.37. The van der Waals surface area contributed by atoms with E-state index in [2.05, 4.69) is 10.6 Å². The maximum atomic E-state index is 13.2. The van der Waals surface area contributed by atoms with E-state index in [9.17, 15) is 39.6 Å². The first-order chi connectivity index (χ1) is 19.7. The van der Waals surface area contributed by atoms with Crippen molar-refractivity contribution in [3.8, 4) is 5.75 Å². The van der Waals surface area contributed by atoms with E-state index in [1.807, 2.05) is 0 Å². The number of alkyl halides is 6. The van der Waals surface area contributed by atoms with E-state index < -0.39 is 33.5 Å². The van der Waals surface area contributed by atoms with Gasteiger partial charge in [0.2, 0.25) is 0 Å². The first kappa shape index (κ1) is 31.8. The molecule has 2 N–H and O–H groups in total. The summed E-state index contributed by atoms with van der Waals surface area (Å²) >= 11 is 1.02. The number of hydrogen-bond donors (Lipinski definition) is 2. The van der Waals surface area contributed by atoms with Gasteiger partial charge in [0.15, 0.2) is 0 Å². The largest absolute Gasteiger partial charge is 0.497 e. The summed E-state index contributed by atoms with van der Waals surface area (Å²) in [6, 6.07) is 10.8. The molecule has 1 aliphatic rings. The van der Waals surface area contributed by atoms with Gasteiger partial charge in [-0.05, 0) is 66.9 Å². The molecule has 1 saturated heterocycles. The molecule has 1 fully saturated rings. The highest BCUT2D eigenvalue weighted by molar-refractivity contribution is 7.91. The van der Waals surface area contributed by atoms with Gasteiger partial charge in [-0.25, -0.2) is 8.42 Å². The lowest BCUT2D eigenvalue weighted by Gasteiger charge is -2.31. The lowest BCUT2D eigenvalue weighted by Crippen LogP contribution is -2.44. The van der Waals surface area contributed by atoms with Gasteiger partial charge in [0.05, 0.1) is 24.8 Å². The van der Waals surface area contributed by atoms with E-state index >= 15 is 0 Å². The van der Waals surface area contributed by atoms with Crippen LogP contribution in [0.4, 0.5) is 26.3 Å². The first-order valence-corrected chi connectivity index (χ1v) is 15.0. The van der Waals surface area contributed by atoms with Crippen molar-refractivity contribution in [1.29, 1.82) is 0 Å². The Hall–Kier alpha value is -3.14. The van der Waals surface area contributed by atoms with E-state index in [1.54, 1.807) is 30.3 Å². The van der Waals surface area contributed by atoms with Crippen molar-refractivity contribution in [1.82, 2.24) is 14.9 Å². The minimum Gasteiger partial charge on any atom is -0.497 e. The van der Waals surface area contributed by atoms with Crippen molar-refractivity contribution >= 4 is 27.3 Å². The molecule has 1 amide bonds. The van der Waals surface area contributed by atoms with Crippen LogP contribution in [-0.2, 0) is 35.5 Å². The minimum absolute atomic E-state index is 0.0808. The SMILES string of the molecule is COc1cccc(C(=O)NCc2ccc(S(=O)(=O)N3CCC(NCc4cc(C(F)(F)F)cc(C(F)(F)F)c4)CC3)s2)c1. The summed E-state index contributed by atoms with van der Waals surface area (Å²) < 4.78 is 112. The molecule has 0 unspecified atom stereocenters. The van der Waals surface area contributed by atoms with Gasteiger partial charge in [-0.15, -0.1) is 11.3 Å². The summed E-state index contributed by atoms with van der Waals surface area (Å²) in [7, 11) is -2.34. The number of sulfonamides is 1. The Balaban J connectivity index is 1.32. The Morgan fingerprint density at radius 1 is 0.952 bits per heavy atom. The van der Waals surface area contributed by atoms with Gasteiger partial charge >= 0.3 is 12.4 Å². The Labute approximate surface area is 242 Å². The Kier molecular flexibility index (Phi) is 9.55. The number of halogens is 6. The fourth-order valence-electron chi connectivity index (χ4n) is 4.44. The summed E-state index contributed by atoms with van der Waals surface area (Å²) in [6.07, 6.45) is -9.23. The summed E-state index contributed by atoms with van der Waals surface area (Å²) in [6.45, 7) is 0.125. The van der Waals surface area contributed by atoms with Crippen molar-refractivity contribution in [3.05, 3.63) is 81.7 Å². The predicted octanol–water partition coefficient (Wildman–Crippen LogP) is 5.67. The molecule has 2 aromatic carbocycles. The second kappa shape index (κ2) is 12.6. The monoisotopic (exact) mass is 635 g/mol. The number of hydrogen-bond acceptors (Lipinski definition) is 6. The van der Waals surface area contributed by atoms with Crippen molar-refractivity contribution in [2.75, 3.05) is 20.2 Å². The molecule has 1 aliphatic heterocycles. The molecule has 228 valence electrons. The summed E-state index contributed by atoms with van der Waals surface area (Å²) in [5.74, 6) is 0.179. The first-order valence-electron chi connectivity index (χ1n) is 12.7. The van der Waals surface area contributed by atoms with Gasteiger partial charge in [0.25, 0.3) is 15.9 Å². The molecule has 0 atom stereocenters. The molecule has 0 aliphatic carbocycles. The number of piperidine rings is 1. The normalized spacial score (nSPS) is 15.5. The van der Waals surface area contributed by atoms with E-state index in [1.165, 1.54) is 17.5 Å². The number of nitrogens with zero attached hydrogens (tertiary/aromatic N) is 1. The van der Waals surface area contributed by atoms with Crippen LogP contribution in [0, 0.1) is 0 Å². The van der Waals surface area contributed by atoms with Gasteiger partial charge < -0.3 is 15.4 Å². The third-order valence-electron chi connectivity index (χ3n) is 6.68. The molecule has 7 nitrogen and oxygen atoms in total. The molecule has 4 rings (SSSR count). The number of carbonyl (C=O) groups is 1. The predicted molar refractivity (Wildman–Crippen MR) is 144 cm³/mol. The summed E-state index contributed by atoms with van der Waals surface area (Å²) in [5.41, 5.74) is -2.55. The van der Waals surface area contributed by atoms with Crippen LogP contribution in [0.3, 0.4) is 0 Å². The zero-order valence-electron chi connectivity index (χ0n) is 22.2. The number of rotatable bonds is 9. The van der Waals surface area contributed by atoms with Crippen LogP contribution >= 0.6 is 11.3 Å². The van der Waals surface area contributed by atoms with E-state index in [-0.39, 0.29) is 54.0 Å². The maximum absolute atomic E-state index is 13.2. The van der Waals surface area contributed by atoms with Gasteiger partial charge in [0, 0.05) is 36.1 Å². The maximum Gasteiger partial charge on any atom is 0.416 e. The lowest BCUT2D eigenvalue weighted by atomic mass is 10.0. The van der Waals surface area contributed by atoms with Crippen molar-refractivity contribution in [2.45, 2.75) is 48.5 Å². The number of methoxy groups -OCH3 is 1. The molecular weight excluding hydrogens is 608 g/mol. The van der Waals surface area contributed by atoms with Crippen LogP contribution < -0.4 is 15.4 Å². The van der Waals surface area contributed by atoms with Crippen molar-refractivity contribution in [3.63, 3.8) is 0 Å². The molecule has 1 aromatic heterocycles. The van der Waals surface area contributed by atoms with Crippen LogP contribution in [-0.4, -0.2) is 44.9 Å². The topological polar surface area (TPSA) is 87.7 Å². The zero-order chi connectivity index (χ0) is 30.7. The third-order valence-corrected chi connectivity index (χ3v) is 10.1. The van der Waals surface area contributed by atoms with Crippen LogP contribution in [0.25, 0.3) is 0 Å². The number of amides is 1. The molecular formula is C27H27F6N3O4S2. The van der Waals surface area contributed by atoms with Gasteiger partial charge in [0.1, 0.15) is 9.96 Å².